The van der Waals surface area contributed by atoms with Gasteiger partial charge < -0.3 is 5.32 Å². The Morgan fingerprint density at radius 2 is 1.56 bits per heavy atom. The number of carbonyl (C=O) groups is 1. The molecule has 2 aromatic rings. The zero-order chi connectivity index (χ0) is 19.4. The summed E-state index contributed by atoms with van der Waals surface area (Å²) < 4.78 is 37.8. The molecule has 6 nitrogen and oxygen atoms in total. The lowest BCUT2D eigenvalue weighted by atomic mass is 9.98. The fourth-order valence-corrected chi connectivity index (χ4v) is 4.64. The van der Waals surface area contributed by atoms with Gasteiger partial charge in [-0.05, 0) is 74.5 Å². The second-order valence-electron chi connectivity index (χ2n) is 6.14. The Kier molecular flexibility index (Phi) is 6.15. The van der Waals surface area contributed by atoms with Crippen molar-refractivity contribution in [3.8, 4) is 0 Å². The summed E-state index contributed by atoms with van der Waals surface area (Å²) in [5.74, 6) is -1.65. The molecular formula is C18H19FN2O4S2. The normalized spacial score (nSPS) is 15.5. The van der Waals surface area contributed by atoms with E-state index in [0.29, 0.717) is 25.9 Å². The highest BCUT2D eigenvalue weighted by molar-refractivity contribution is 7.99. The molecule has 0 spiro atoms. The molecule has 1 saturated heterocycles. The molecule has 9 heteroatoms. The van der Waals surface area contributed by atoms with Gasteiger partial charge in [-0.25, -0.2) is 4.39 Å². The number of rotatable bonds is 5. The Hall–Kier alpha value is -1.94. The number of benzene rings is 2. The number of carbonyl (C=O) groups excluding carboxylic acids is 1. The third-order valence-electron chi connectivity index (χ3n) is 4.28. The van der Waals surface area contributed by atoms with Crippen LogP contribution in [0.2, 0.25) is 0 Å². The smallest absolute Gasteiger partial charge is 0.289 e. The van der Waals surface area contributed by atoms with Gasteiger partial charge >= 0.3 is 0 Å². The number of amides is 1. The van der Waals surface area contributed by atoms with E-state index in [1.54, 1.807) is 24.3 Å². The third-order valence-corrected chi connectivity index (χ3v) is 6.79. The molecule has 1 amide bonds. The molecule has 1 heterocycles. The van der Waals surface area contributed by atoms with Crippen LogP contribution in [-0.2, 0) is 14.8 Å². The summed E-state index contributed by atoms with van der Waals surface area (Å²) >= 11 is 1.34. The molecule has 0 aromatic heterocycles. The SMILES string of the molecule is O=C(C1CCNCC1)N(O)S(=O)(=O)c1ccc(Sc2ccc(F)cc2)cc1. The van der Waals surface area contributed by atoms with E-state index in [0.717, 1.165) is 9.79 Å². The number of piperidine rings is 1. The first-order valence-electron chi connectivity index (χ1n) is 8.40. The monoisotopic (exact) mass is 410 g/mol. The molecule has 27 heavy (non-hydrogen) atoms. The van der Waals surface area contributed by atoms with Crippen molar-refractivity contribution in [1.29, 1.82) is 0 Å². The van der Waals surface area contributed by atoms with Crippen LogP contribution in [0.1, 0.15) is 12.8 Å². The molecule has 3 rings (SSSR count). The standard InChI is InChI=1S/C18H19FN2O4S2/c19-14-1-3-15(4-2-14)26-16-5-7-17(8-6-16)27(24,25)21(23)18(22)13-9-11-20-12-10-13/h1-8,13,20,23H,9-12H2. The summed E-state index contributed by atoms with van der Waals surface area (Å²) in [6.45, 7) is 1.22. The van der Waals surface area contributed by atoms with Gasteiger partial charge in [0.25, 0.3) is 15.9 Å². The Balaban J connectivity index is 1.72. The maximum absolute atomic E-state index is 12.9. The molecule has 2 N–H and O–H groups in total. The van der Waals surface area contributed by atoms with Crippen LogP contribution in [0.15, 0.2) is 63.2 Å². The second kappa shape index (κ2) is 8.39. The van der Waals surface area contributed by atoms with Crippen LogP contribution in [0.25, 0.3) is 0 Å². The quantitative estimate of drug-likeness (QED) is 0.582. The fraction of sp³-hybridized carbons (Fsp3) is 0.278. The molecule has 144 valence electrons. The average Bonchev–Trinajstić information content (AvgIpc) is 2.69. The summed E-state index contributed by atoms with van der Waals surface area (Å²) in [6.07, 6.45) is 0.970. The van der Waals surface area contributed by atoms with Crippen molar-refractivity contribution in [3.63, 3.8) is 0 Å². The van der Waals surface area contributed by atoms with E-state index in [-0.39, 0.29) is 15.2 Å². The molecule has 0 atom stereocenters. The Bertz CT molecular complexity index is 896. The van der Waals surface area contributed by atoms with Gasteiger partial charge in [0.2, 0.25) is 0 Å². The van der Waals surface area contributed by atoms with E-state index in [9.17, 15) is 22.8 Å². The number of nitrogens with zero attached hydrogens (tertiary/aromatic N) is 1. The molecule has 0 saturated carbocycles. The van der Waals surface area contributed by atoms with Crippen LogP contribution < -0.4 is 5.32 Å². The maximum atomic E-state index is 12.9. The Morgan fingerprint density at radius 3 is 2.11 bits per heavy atom. The van der Waals surface area contributed by atoms with Crippen molar-refractivity contribution in [2.75, 3.05) is 13.1 Å². The van der Waals surface area contributed by atoms with Gasteiger partial charge in [0, 0.05) is 15.7 Å². The van der Waals surface area contributed by atoms with E-state index in [1.807, 2.05) is 0 Å². The van der Waals surface area contributed by atoms with Gasteiger partial charge in [0.05, 0.1) is 4.90 Å². The van der Waals surface area contributed by atoms with Gasteiger partial charge in [0.1, 0.15) is 5.82 Å². The number of nitrogens with one attached hydrogen (secondary N) is 1. The van der Waals surface area contributed by atoms with Gasteiger partial charge in [-0.3, -0.25) is 10.0 Å². The zero-order valence-electron chi connectivity index (χ0n) is 14.3. The Labute approximate surface area is 161 Å². The van der Waals surface area contributed by atoms with Gasteiger partial charge in [-0.15, -0.1) is 4.47 Å². The maximum Gasteiger partial charge on any atom is 0.289 e. The summed E-state index contributed by atoms with van der Waals surface area (Å²) in [6, 6.07) is 11.7. The number of sulfonamides is 1. The number of halogens is 1. The minimum absolute atomic E-state index is 0.134. The molecule has 0 radical (unpaired) electrons. The van der Waals surface area contributed by atoms with Crippen LogP contribution in [0.3, 0.4) is 0 Å². The molecule has 0 unspecified atom stereocenters. The average molecular weight is 410 g/mol. The van der Waals surface area contributed by atoms with Crippen LogP contribution in [0.4, 0.5) is 4.39 Å². The van der Waals surface area contributed by atoms with E-state index in [2.05, 4.69) is 5.32 Å². The molecule has 0 aliphatic carbocycles. The minimum Gasteiger partial charge on any atom is -0.317 e. The van der Waals surface area contributed by atoms with Crippen molar-refractivity contribution >= 4 is 27.7 Å². The van der Waals surface area contributed by atoms with Crippen LogP contribution >= 0.6 is 11.8 Å². The van der Waals surface area contributed by atoms with Crippen molar-refractivity contribution < 1.29 is 22.8 Å². The number of hydrogen-bond acceptors (Lipinski definition) is 6. The molecule has 1 aliphatic heterocycles. The first-order valence-corrected chi connectivity index (χ1v) is 10.7. The highest BCUT2D eigenvalue weighted by Crippen LogP contribution is 2.29. The second-order valence-corrected chi connectivity index (χ2v) is 9.05. The topological polar surface area (TPSA) is 86.7 Å². The lowest BCUT2D eigenvalue weighted by Gasteiger charge is -2.25. The zero-order valence-corrected chi connectivity index (χ0v) is 16.0. The highest BCUT2D eigenvalue weighted by Gasteiger charge is 2.33. The van der Waals surface area contributed by atoms with E-state index >= 15 is 0 Å². The summed E-state index contributed by atoms with van der Waals surface area (Å²) in [5, 5.41) is 13.1. The third kappa shape index (κ3) is 4.67. The van der Waals surface area contributed by atoms with Crippen molar-refractivity contribution in [2.24, 2.45) is 5.92 Å². The summed E-state index contributed by atoms with van der Waals surface area (Å²) in [4.78, 5) is 13.7. The van der Waals surface area contributed by atoms with Crippen molar-refractivity contribution in [3.05, 3.63) is 54.3 Å². The van der Waals surface area contributed by atoms with Gasteiger partial charge in [0.15, 0.2) is 0 Å². The van der Waals surface area contributed by atoms with E-state index in [4.69, 9.17) is 0 Å². The molecular weight excluding hydrogens is 391 g/mol. The van der Waals surface area contributed by atoms with E-state index < -0.39 is 21.8 Å². The summed E-state index contributed by atoms with van der Waals surface area (Å²) in [5.41, 5.74) is 0. The molecule has 2 aromatic carbocycles. The van der Waals surface area contributed by atoms with Crippen LogP contribution in [-0.4, -0.2) is 37.1 Å². The molecule has 0 bridgehead atoms. The van der Waals surface area contributed by atoms with Crippen LogP contribution in [0, 0.1) is 11.7 Å². The van der Waals surface area contributed by atoms with Gasteiger partial charge in [-0.1, -0.05) is 11.8 Å². The van der Waals surface area contributed by atoms with Gasteiger partial charge in [-0.2, -0.15) is 8.42 Å². The predicted octanol–water partition coefficient (Wildman–Crippen LogP) is 2.88. The lowest BCUT2D eigenvalue weighted by Crippen LogP contribution is -2.42. The molecule has 1 fully saturated rings. The first kappa shape index (κ1) is 19.8. The number of hydroxylamine groups is 1. The Morgan fingerprint density at radius 1 is 1.04 bits per heavy atom. The lowest BCUT2D eigenvalue weighted by molar-refractivity contribution is -0.151. The number of hydrogen-bond donors (Lipinski definition) is 2. The van der Waals surface area contributed by atoms with Crippen LogP contribution in [0.5, 0.6) is 0 Å². The predicted molar refractivity (Wildman–Crippen MR) is 98.4 cm³/mol. The first-order chi connectivity index (χ1) is 12.9. The van der Waals surface area contributed by atoms with E-state index in [1.165, 1.54) is 36.0 Å². The highest BCUT2D eigenvalue weighted by atomic mass is 32.2. The van der Waals surface area contributed by atoms with Crippen molar-refractivity contribution in [1.82, 2.24) is 9.79 Å². The largest absolute Gasteiger partial charge is 0.317 e. The fourth-order valence-electron chi connectivity index (χ4n) is 2.76. The van der Waals surface area contributed by atoms with Crippen molar-refractivity contribution in [2.45, 2.75) is 27.5 Å². The molecule has 1 aliphatic rings. The minimum atomic E-state index is -4.32. The summed E-state index contributed by atoms with van der Waals surface area (Å²) in [7, 11) is -4.32.